The first-order chi connectivity index (χ1) is 7.95. The summed E-state index contributed by atoms with van der Waals surface area (Å²) in [5.41, 5.74) is 8.06. The molecule has 1 rings (SSSR count). The summed E-state index contributed by atoms with van der Waals surface area (Å²) in [6.07, 6.45) is -0.0608. The number of ether oxygens (including phenoxy) is 2. The molecule has 1 heterocycles. The maximum Gasteiger partial charge on any atom is 0.133 e. The van der Waals surface area contributed by atoms with Crippen LogP contribution in [0, 0.1) is 13.8 Å². The third-order valence-electron chi connectivity index (χ3n) is 2.27. The highest BCUT2D eigenvalue weighted by Gasteiger charge is 2.14. The molecule has 0 aromatic carbocycles. The number of nitrogens with zero attached hydrogens (tertiary/aromatic N) is 1. The molecular weight excluding hydrogens is 236 g/mol. The first-order valence-corrected chi connectivity index (χ1v) is 5.80. The number of aromatic nitrogens is 1. The maximum atomic E-state index is 5.78. The molecule has 0 saturated carbocycles. The minimum atomic E-state index is -0.0608. The Bertz CT molecular complexity index is 421. The van der Waals surface area contributed by atoms with Crippen LogP contribution in [0.25, 0.3) is 0 Å². The van der Waals surface area contributed by atoms with E-state index in [2.05, 4.69) is 4.98 Å². The van der Waals surface area contributed by atoms with Crippen molar-refractivity contribution in [1.29, 1.82) is 0 Å². The molecule has 1 unspecified atom stereocenters. The van der Waals surface area contributed by atoms with Crippen molar-refractivity contribution in [2.45, 2.75) is 26.9 Å². The minimum absolute atomic E-state index is 0.0608. The van der Waals surface area contributed by atoms with Crippen molar-refractivity contribution < 1.29 is 9.47 Å². The van der Waals surface area contributed by atoms with Crippen LogP contribution in [0.5, 0.6) is 5.75 Å². The Morgan fingerprint density at radius 1 is 1.53 bits per heavy atom. The fourth-order valence-corrected chi connectivity index (χ4v) is 1.92. The Hall–Kier alpha value is -1.20. The van der Waals surface area contributed by atoms with Crippen LogP contribution < -0.4 is 10.5 Å². The van der Waals surface area contributed by atoms with Gasteiger partial charge < -0.3 is 15.2 Å². The number of pyridine rings is 1. The van der Waals surface area contributed by atoms with Crippen LogP contribution in [0.2, 0.25) is 0 Å². The lowest BCUT2D eigenvalue weighted by atomic mass is 10.1. The van der Waals surface area contributed by atoms with E-state index < -0.39 is 0 Å². The van der Waals surface area contributed by atoms with Gasteiger partial charge >= 0.3 is 0 Å². The Morgan fingerprint density at radius 3 is 2.71 bits per heavy atom. The predicted molar refractivity (Wildman–Crippen MR) is 71.6 cm³/mol. The molecule has 94 valence electrons. The highest BCUT2D eigenvalue weighted by molar-refractivity contribution is 7.80. The first kappa shape index (κ1) is 13.9. The van der Waals surface area contributed by atoms with Crippen molar-refractivity contribution in [3.63, 3.8) is 0 Å². The molecule has 0 fully saturated rings. The summed E-state index contributed by atoms with van der Waals surface area (Å²) in [7, 11) is 1.64. The van der Waals surface area contributed by atoms with E-state index in [9.17, 15) is 0 Å². The van der Waals surface area contributed by atoms with E-state index in [0.717, 1.165) is 11.4 Å². The molecule has 0 aliphatic rings. The summed E-state index contributed by atoms with van der Waals surface area (Å²) >= 11 is 5.02. The summed E-state index contributed by atoms with van der Waals surface area (Å²) in [5, 5.41) is 0. The van der Waals surface area contributed by atoms with E-state index in [1.165, 1.54) is 0 Å². The van der Waals surface area contributed by atoms with Gasteiger partial charge in [0.2, 0.25) is 0 Å². The van der Waals surface area contributed by atoms with E-state index >= 15 is 0 Å². The predicted octanol–water partition coefficient (Wildman–Crippen LogP) is 1.75. The lowest BCUT2D eigenvalue weighted by Gasteiger charge is -2.18. The zero-order valence-electron chi connectivity index (χ0n) is 10.6. The second-order valence-corrected chi connectivity index (χ2v) is 4.41. The number of nitrogens with two attached hydrogens (primary N) is 1. The van der Waals surface area contributed by atoms with Crippen molar-refractivity contribution in [2.24, 2.45) is 5.73 Å². The minimum Gasteiger partial charge on any atom is -0.487 e. The van der Waals surface area contributed by atoms with Crippen molar-refractivity contribution >= 4 is 17.2 Å². The van der Waals surface area contributed by atoms with Crippen LogP contribution in [0.15, 0.2) is 6.07 Å². The summed E-state index contributed by atoms with van der Waals surface area (Å²) in [6.45, 7) is 6.22. The van der Waals surface area contributed by atoms with Crippen LogP contribution in [0.4, 0.5) is 0 Å². The largest absolute Gasteiger partial charge is 0.487 e. The molecule has 5 heteroatoms. The molecular formula is C12H18N2O2S. The van der Waals surface area contributed by atoms with Gasteiger partial charge in [0.05, 0.1) is 17.9 Å². The highest BCUT2D eigenvalue weighted by atomic mass is 32.1. The molecule has 0 spiro atoms. The van der Waals surface area contributed by atoms with Gasteiger partial charge in [0.1, 0.15) is 16.8 Å². The molecule has 0 amide bonds. The van der Waals surface area contributed by atoms with Gasteiger partial charge in [-0.2, -0.15) is 0 Å². The van der Waals surface area contributed by atoms with E-state index in [1.807, 2.05) is 26.8 Å². The van der Waals surface area contributed by atoms with Crippen molar-refractivity contribution in [2.75, 3.05) is 13.7 Å². The van der Waals surface area contributed by atoms with Gasteiger partial charge in [-0.3, -0.25) is 4.98 Å². The maximum absolute atomic E-state index is 5.78. The van der Waals surface area contributed by atoms with Crippen LogP contribution >= 0.6 is 12.2 Å². The fraction of sp³-hybridized carbons (Fsp3) is 0.500. The molecule has 0 aliphatic carbocycles. The molecule has 1 aromatic heterocycles. The Morgan fingerprint density at radius 2 is 2.18 bits per heavy atom. The van der Waals surface area contributed by atoms with Gasteiger partial charge in [0, 0.05) is 18.9 Å². The second kappa shape index (κ2) is 5.93. The van der Waals surface area contributed by atoms with Gasteiger partial charge in [-0.1, -0.05) is 12.2 Å². The van der Waals surface area contributed by atoms with Gasteiger partial charge in [0.25, 0.3) is 0 Å². The summed E-state index contributed by atoms with van der Waals surface area (Å²) in [6, 6.07) is 1.84. The van der Waals surface area contributed by atoms with Gasteiger partial charge in [0.15, 0.2) is 0 Å². The number of hydrogen-bond donors (Lipinski definition) is 1. The van der Waals surface area contributed by atoms with Gasteiger partial charge in [-0.25, -0.2) is 0 Å². The Kier molecular flexibility index (Phi) is 4.84. The molecule has 1 aromatic rings. The van der Waals surface area contributed by atoms with Crippen LogP contribution in [0.3, 0.4) is 0 Å². The standard InChI is InChI=1S/C12H18N2O2S/c1-7-5-10(16-8(2)6-15-4)11(12(13)17)9(3)14-7/h5,8H,6H2,1-4H3,(H2,13,17). The second-order valence-electron chi connectivity index (χ2n) is 3.97. The van der Waals surface area contributed by atoms with E-state index in [0.29, 0.717) is 22.9 Å². The number of rotatable bonds is 5. The molecule has 4 nitrogen and oxygen atoms in total. The average Bonchev–Trinajstić information content (AvgIpc) is 2.15. The smallest absolute Gasteiger partial charge is 0.133 e. The van der Waals surface area contributed by atoms with E-state index in [1.54, 1.807) is 7.11 Å². The summed E-state index contributed by atoms with van der Waals surface area (Å²) in [4.78, 5) is 4.63. The zero-order chi connectivity index (χ0) is 13.0. The highest BCUT2D eigenvalue weighted by Crippen LogP contribution is 2.23. The zero-order valence-corrected chi connectivity index (χ0v) is 11.4. The third-order valence-corrected chi connectivity index (χ3v) is 2.47. The van der Waals surface area contributed by atoms with Gasteiger partial charge in [-0.05, 0) is 20.8 Å². The monoisotopic (exact) mass is 254 g/mol. The first-order valence-electron chi connectivity index (χ1n) is 5.39. The summed E-state index contributed by atoms with van der Waals surface area (Å²) in [5.74, 6) is 0.673. The quantitative estimate of drug-likeness (QED) is 0.811. The fourth-order valence-electron chi connectivity index (χ4n) is 1.67. The lowest BCUT2D eigenvalue weighted by Crippen LogP contribution is -2.22. The van der Waals surface area contributed by atoms with E-state index in [4.69, 9.17) is 27.4 Å². The molecule has 0 radical (unpaired) electrons. The van der Waals surface area contributed by atoms with Crippen LogP contribution in [-0.4, -0.2) is 29.8 Å². The van der Waals surface area contributed by atoms with Crippen molar-refractivity contribution in [3.05, 3.63) is 23.0 Å². The SMILES string of the molecule is COCC(C)Oc1cc(C)nc(C)c1C(N)=S. The molecule has 1 atom stereocenters. The Balaban J connectivity index is 3.08. The normalized spacial score (nSPS) is 12.2. The third kappa shape index (κ3) is 3.64. The number of hydrogen-bond acceptors (Lipinski definition) is 4. The molecule has 0 saturated heterocycles. The topological polar surface area (TPSA) is 57.4 Å². The average molecular weight is 254 g/mol. The number of thiocarbonyl (C=S) groups is 1. The molecule has 0 aliphatic heterocycles. The number of methoxy groups -OCH3 is 1. The number of aryl methyl sites for hydroxylation is 2. The van der Waals surface area contributed by atoms with Crippen LogP contribution in [0.1, 0.15) is 23.9 Å². The molecule has 17 heavy (non-hydrogen) atoms. The molecule has 2 N–H and O–H groups in total. The van der Waals surface area contributed by atoms with Gasteiger partial charge in [-0.15, -0.1) is 0 Å². The van der Waals surface area contributed by atoms with E-state index in [-0.39, 0.29) is 6.10 Å². The summed E-state index contributed by atoms with van der Waals surface area (Å²) < 4.78 is 10.8. The molecule has 0 bridgehead atoms. The van der Waals surface area contributed by atoms with Crippen molar-refractivity contribution in [1.82, 2.24) is 4.98 Å². The van der Waals surface area contributed by atoms with Crippen molar-refractivity contribution in [3.8, 4) is 5.75 Å². The Labute approximate surface area is 107 Å². The van der Waals surface area contributed by atoms with Crippen LogP contribution in [-0.2, 0) is 4.74 Å². The lowest BCUT2D eigenvalue weighted by molar-refractivity contribution is 0.0918.